The highest BCUT2D eigenvalue weighted by molar-refractivity contribution is 9.10. The molecule has 0 aliphatic rings. The first-order chi connectivity index (χ1) is 10.5. The average Bonchev–Trinajstić information content (AvgIpc) is 2.53. The van der Waals surface area contributed by atoms with Crippen LogP contribution in [0.2, 0.25) is 0 Å². The second-order valence-electron chi connectivity index (χ2n) is 5.40. The molecule has 0 aromatic heterocycles. The first-order valence-electron chi connectivity index (χ1n) is 7.79. The van der Waals surface area contributed by atoms with Crippen molar-refractivity contribution in [3.8, 4) is 0 Å². The van der Waals surface area contributed by atoms with Gasteiger partial charge in [-0.2, -0.15) is 0 Å². The lowest BCUT2D eigenvalue weighted by molar-refractivity contribution is -0.120. The Balaban J connectivity index is 2.37. The summed E-state index contributed by atoms with van der Waals surface area (Å²) in [6.07, 6.45) is 2.08. The van der Waals surface area contributed by atoms with Gasteiger partial charge in [0.05, 0.1) is 4.83 Å². The summed E-state index contributed by atoms with van der Waals surface area (Å²) in [5.41, 5.74) is 2.06. The van der Waals surface area contributed by atoms with Crippen LogP contribution in [0, 0.1) is 0 Å². The largest absolute Gasteiger partial charge is 0.355 e. The van der Waals surface area contributed by atoms with Gasteiger partial charge in [0.1, 0.15) is 0 Å². The van der Waals surface area contributed by atoms with Gasteiger partial charge in [0, 0.05) is 18.7 Å². The molecule has 0 fully saturated rings. The Labute approximate surface area is 141 Å². The van der Waals surface area contributed by atoms with Crippen molar-refractivity contribution in [1.29, 1.82) is 0 Å². The van der Waals surface area contributed by atoms with Crippen molar-refractivity contribution in [3.05, 3.63) is 29.8 Å². The van der Waals surface area contributed by atoms with Gasteiger partial charge in [-0.15, -0.1) is 0 Å². The maximum Gasteiger partial charge on any atom is 0.233 e. The summed E-state index contributed by atoms with van der Waals surface area (Å²) in [7, 11) is 0. The molecule has 5 heteroatoms. The summed E-state index contributed by atoms with van der Waals surface area (Å²) in [6.45, 7) is 6.61. The Bertz CT molecular complexity index is 488. The molecule has 2 amide bonds. The molecule has 1 rings (SSSR count). The molecule has 0 saturated heterocycles. The molecule has 0 aliphatic heterocycles. The Morgan fingerprint density at radius 2 is 1.77 bits per heavy atom. The van der Waals surface area contributed by atoms with E-state index in [0.717, 1.165) is 18.5 Å². The van der Waals surface area contributed by atoms with Crippen molar-refractivity contribution in [2.24, 2.45) is 0 Å². The molecular formula is C17H25BrN2O2. The summed E-state index contributed by atoms with van der Waals surface area (Å²) in [5, 5.41) is 5.58. The summed E-state index contributed by atoms with van der Waals surface area (Å²) in [6, 6.07) is 7.93. The molecule has 0 bridgehead atoms. The molecule has 0 heterocycles. The molecule has 1 aromatic carbocycles. The van der Waals surface area contributed by atoms with E-state index in [9.17, 15) is 9.59 Å². The normalized spacial score (nSPS) is 13.3. The molecule has 0 spiro atoms. The van der Waals surface area contributed by atoms with Crippen LogP contribution in [0.25, 0.3) is 0 Å². The van der Waals surface area contributed by atoms with E-state index in [1.54, 1.807) is 0 Å². The molecule has 22 heavy (non-hydrogen) atoms. The number of halogens is 1. The third kappa shape index (κ3) is 6.18. The molecule has 122 valence electrons. The lowest BCUT2D eigenvalue weighted by atomic mass is 9.99. The van der Waals surface area contributed by atoms with Gasteiger partial charge in [0.15, 0.2) is 0 Å². The number of carbonyl (C=O) groups is 2. The van der Waals surface area contributed by atoms with E-state index in [-0.39, 0.29) is 23.1 Å². The van der Waals surface area contributed by atoms with Crippen LogP contribution in [0.5, 0.6) is 0 Å². The zero-order chi connectivity index (χ0) is 16.5. The van der Waals surface area contributed by atoms with Gasteiger partial charge in [0.2, 0.25) is 11.8 Å². The van der Waals surface area contributed by atoms with E-state index < -0.39 is 0 Å². The number of benzene rings is 1. The van der Waals surface area contributed by atoms with E-state index in [0.29, 0.717) is 12.5 Å². The van der Waals surface area contributed by atoms with E-state index in [1.807, 2.05) is 31.2 Å². The molecular weight excluding hydrogens is 344 g/mol. The second-order valence-corrected chi connectivity index (χ2v) is 6.50. The highest BCUT2D eigenvalue weighted by atomic mass is 79.9. The van der Waals surface area contributed by atoms with E-state index in [2.05, 4.69) is 40.4 Å². The van der Waals surface area contributed by atoms with Gasteiger partial charge in [-0.3, -0.25) is 9.59 Å². The predicted molar refractivity (Wildman–Crippen MR) is 94.4 cm³/mol. The fraction of sp³-hybridized carbons (Fsp3) is 0.529. The van der Waals surface area contributed by atoms with E-state index in [4.69, 9.17) is 0 Å². The molecule has 4 nitrogen and oxygen atoms in total. The van der Waals surface area contributed by atoms with Crippen LogP contribution in [0.1, 0.15) is 51.5 Å². The van der Waals surface area contributed by atoms with E-state index in [1.165, 1.54) is 5.56 Å². The minimum Gasteiger partial charge on any atom is -0.355 e. The minimum absolute atomic E-state index is 0.0757. The third-order valence-electron chi connectivity index (χ3n) is 3.67. The standard InChI is InChI=1S/C17H25BrN2O2/c1-4-12(3)13-6-8-14(9-7-13)20-16(21)10-11-19-17(22)15(18)5-2/h6-9,12,15H,4-5,10-11H2,1-3H3,(H,19,22)(H,20,21)/t12-,15-/m1/s1. The Kier molecular flexibility index (Phi) is 8.17. The maximum atomic E-state index is 11.8. The number of nitrogens with one attached hydrogen (secondary N) is 2. The number of rotatable bonds is 8. The summed E-state index contributed by atoms with van der Waals surface area (Å²) in [4.78, 5) is 23.2. The topological polar surface area (TPSA) is 58.2 Å². The SMILES string of the molecule is CC[C@@H](Br)C(=O)NCCC(=O)Nc1ccc([C@H](C)CC)cc1. The number of hydrogen-bond donors (Lipinski definition) is 2. The zero-order valence-corrected chi connectivity index (χ0v) is 15.1. The van der Waals surface area contributed by atoms with Crippen LogP contribution >= 0.6 is 15.9 Å². The fourth-order valence-corrected chi connectivity index (χ4v) is 2.11. The van der Waals surface area contributed by atoms with Gasteiger partial charge >= 0.3 is 0 Å². The highest BCUT2D eigenvalue weighted by Gasteiger charge is 2.12. The monoisotopic (exact) mass is 368 g/mol. The third-order valence-corrected chi connectivity index (χ3v) is 4.73. The summed E-state index contributed by atoms with van der Waals surface area (Å²) >= 11 is 3.27. The lowest BCUT2D eigenvalue weighted by Gasteiger charge is -2.11. The van der Waals surface area contributed by atoms with Crippen molar-refractivity contribution in [1.82, 2.24) is 5.32 Å². The van der Waals surface area contributed by atoms with Crippen LogP contribution in [0.3, 0.4) is 0 Å². The summed E-state index contributed by atoms with van der Waals surface area (Å²) in [5.74, 6) is 0.350. The van der Waals surface area contributed by atoms with Crippen molar-refractivity contribution >= 4 is 33.4 Å². The van der Waals surface area contributed by atoms with Crippen LogP contribution < -0.4 is 10.6 Å². The van der Waals surface area contributed by atoms with Gasteiger partial charge in [-0.1, -0.05) is 48.8 Å². The van der Waals surface area contributed by atoms with Crippen LogP contribution in [0.4, 0.5) is 5.69 Å². The molecule has 2 atom stereocenters. The molecule has 0 radical (unpaired) electrons. The van der Waals surface area contributed by atoms with E-state index >= 15 is 0 Å². The minimum atomic E-state index is -0.191. The number of alkyl halides is 1. The van der Waals surface area contributed by atoms with Gasteiger partial charge in [0.25, 0.3) is 0 Å². The number of anilines is 1. The van der Waals surface area contributed by atoms with Crippen LogP contribution in [-0.4, -0.2) is 23.2 Å². The predicted octanol–water partition coefficient (Wildman–Crippen LogP) is 3.82. The Morgan fingerprint density at radius 1 is 1.14 bits per heavy atom. The summed E-state index contributed by atoms with van der Waals surface area (Å²) < 4.78 is 0. The molecule has 0 aliphatic carbocycles. The van der Waals surface area contributed by atoms with Crippen molar-refractivity contribution < 1.29 is 9.59 Å². The first-order valence-corrected chi connectivity index (χ1v) is 8.71. The number of amides is 2. The van der Waals surface area contributed by atoms with Gasteiger partial charge < -0.3 is 10.6 Å². The number of carbonyl (C=O) groups excluding carboxylic acids is 2. The smallest absolute Gasteiger partial charge is 0.233 e. The number of hydrogen-bond acceptors (Lipinski definition) is 2. The van der Waals surface area contributed by atoms with Gasteiger partial charge in [-0.05, 0) is 36.5 Å². The van der Waals surface area contributed by atoms with Gasteiger partial charge in [-0.25, -0.2) is 0 Å². The average molecular weight is 369 g/mol. The molecule has 0 unspecified atom stereocenters. The molecule has 1 aromatic rings. The van der Waals surface area contributed by atoms with Crippen molar-refractivity contribution in [2.45, 2.75) is 50.8 Å². The second kappa shape index (κ2) is 9.62. The maximum absolute atomic E-state index is 11.8. The van der Waals surface area contributed by atoms with Crippen molar-refractivity contribution in [2.75, 3.05) is 11.9 Å². The first kappa shape index (κ1) is 18.7. The van der Waals surface area contributed by atoms with Crippen molar-refractivity contribution in [3.63, 3.8) is 0 Å². The van der Waals surface area contributed by atoms with Crippen LogP contribution in [-0.2, 0) is 9.59 Å². The van der Waals surface area contributed by atoms with Crippen LogP contribution in [0.15, 0.2) is 24.3 Å². The highest BCUT2D eigenvalue weighted by Crippen LogP contribution is 2.20. The zero-order valence-electron chi connectivity index (χ0n) is 13.5. The Hall–Kier alpha value is -1.36. The molecule has 0 saturated carbocycles. The molecule has 2 N–H and O–H groups in total. The quantitative estimate of drug-likeness (QED) is 0.685. The lowest BCUT2D eigenvalue weighted by Crippen LogP contribution is -2.33. The Morgan fingerprint density at radius 3 is 2.32 bits per heavy atom. The fourth-order valence-electron chi connectivity index (χ4n) is 1.95.